The molecule has 0 amide bonds. The Kier molecular flexibility index (Phi) is 4.14. The summed E-state index contributed by atoms with van der Waals surface area (Å²) < 4.78 is 1.93. The predicted molar refractivity (Wildman–Crippen MR) is 75.8 cm³/mol. The molecule has 6 heteroatoms. The summed E-state index contributed by atoms with van der Waals surface area (Å²) >= 11 is 7.56. The van der Waals surface area contributed by atoms with Crippen LogP contribution in [0.15, 0.2) is 29.4 Å². The summed E-state index contributed by atoms with van der Waals surface area (Å²) in [7, 11) is 0. The molecule has 2 rings (SSSR count). The number of nitrogens with zero attached hydrogens (tertiary/aromatic N) is 3. The highest BCUT2D eigenvalue weighted by Gasteiger charge is 2.12. The molecule has 0 aliphatic carbocycles. The van der Waals surface area contributed by atoms with Crippen LogP contribution in [-0.2, 0) is 5.75 Å². The molecule has 0 saturated heterocycles. The molecule has 0 fully saturated rings. The molecule has 96 valence electrons. The highest BCUT2D eigenvalue weighted by molar-refractivity contribution is 7.98. The van der Waals surface area contributed by atoms with Crippen LogP contribution in [0.25, 0.3) is 0 Å². The Balaban J connectivity index is 2.11. The molecule has 0 atom stereocenters. The van der Waals surface area contributed by atoms with E-state index < -0.39 is 0 Å². The molecule has 0 unspecified atom stereocenters. The Bertz CT molecular complexity index is 539. The number of hydrogen-bond acceptors (Lipinski definition) is 4. The predicted octanol–water partition coefficient (Wildman–Crippen LogP) is 3.39. The topological polar surface area (TPSA) is 56.7 Å². The lowest BCUT2D eigenvalue weighted by atomic mass is 10.2. The van der Waals surface area contributed by atoms with Crippen LogP contribution in [-0.4, -0.2) is 14.8 Å². The zero-order valence-corrected chi connectivity index (χ0v) is 11.9. The Morgan fingerprint density at radius 1 is 1.39 bits per heavy atom. The van der Waals surface area contributed by atoms with E-state index in [1.54, 1.807) is 11.8 Å². The second kappa shape index (κ2) is 5.63. The number of thioether (sulfide) groups is 1. The van der Waals surface area contributed by atoms with Gasteiger partial charge in [-0.2, -0.15) is 0 Å². The lowest BCUT2D eigenvalue weighted by Gasteiger charge is -2.11. The summed E-state index contributed by atoms with van der Waals surface area (Å²) in [6.07, 6.45) is 0. The minimum Gasteiger partial charge on any atom is -0.368 e. The van der Waals surface area contributed by atoms with Gasteiger partial charge in [0, 0.05) is 16.8 Å². The van der Waals surface area contributed by atoms with Gasteiger partial charge >= 0.3 is 0 Å². The number of rotatable bonds is 4. The van der Waals surface area contributed by atoms with Crippen LogP contribution < -0.4 is 5.73 Å². The highest BCUT2D eigenvalue weighted by atomic mass is 35.5. The van der Waals surface area contributed by atoms with E-state index in [-0.39, 0.29) is 6.04 Å². The van der Waals surface area contributed by atoms with Gasteiger partial charge in [0.05, 0.1) is 0 Å². The third-order valence-corrected chi connectivity index (χ3v) is 3.71. The van der Waals surface area contributed by atoms with E-state index in [0.29, 0.717) is 5.95 Å². The SMILES string of the molecule is CC(C)n1c(N)nnc1SCc1cccc(Cl)c1. The molecule has 18 heavy (non-hydrogen) atoms. The first-order chi connectivity index (χ1) is 8.58. The third kappa shape index (κ3) is 2.97. The van der Waals surface area contributed by atoms with Crippen LogP contribution in [0.2, 0.25) is 5.02 Å². The molecular weight excluding hydrogens is 268 g/mol. The average Bonchev–Trinajstić information content (AvgIpc) is 2.68. The molecule has 4 nitrogen and oxygen atoms in total. The molecule has 0 bridgehead atoms. The van der Waals surface area contributed by atoms with Crippen LogP contribution in [0.4, 0.5) is 5.95 Å². The summed E-state index contributed by atoms with van der Waals surface area (Å²) in [5.41, 5.74) is 6.95. The van der Waals surface area contributed by atoms with Gasteiger partial charge in [0.25, 0.3) is 0 Å². The Hall–Kier alpha value is -1.20. The second-order valence-electron chi connectivity index (χ2n) is 4.22. The van der Waals surface area contributed by atoms with Gasteiger partial charge < -0.3 is 5.73 Å². The Labute approximate surface area is 116 Å². The van der Waals surface area contributed by atoms with Crippen LogP contribution in [0, 0.1) is 0 Å². The van der Waals surface area contributed by atoms with Crippen molar-refractivity contribution in [3.63, 3.8) is 0 Å². The van der Waals surface area contributed by atoms with Gasteiger partial charge in [-0.25, -0.2) is 0 Å². The monoisotopic (exact) mass is 282 g/mol. The summed E-state index contributed by atoms with van der Waals surface area (Å²) in [4.78, 5) is 0. The van der Waals surface area contributed by atoms with E-state index in [2.05, 4.69) is 24.0 Å². The second-order valence-corrected chi connectivity index (χ2v) is 5.60. The van der Waals surface area contributed by atoms with Gasteiger partial charge in [0.2, 0.25) is 5.95 Å². The molecule has 0 aliphatic rings. The Morgan fingerprint density at radius 2 is 2.17 bits per heavy atom. The van der Waals surface area contributed by atoms with Crippen LogP contribution >= 0.6 is 23.4 Å². The maximum absolute atomic E-state index is 5.95. The maximum Gasteiger partial charge on any atom is 0.222 e. The van der Waals surface area contributed by atoms with Gasteiger partial charge in [-0.3, -0.25) is 4.57 Å². The number of aromatic nitrogens is 3. The molecule has 0 spiro atoms. The average molecular weight is 283 g/mol. The lowest BCUT2D eigenvalue weighted by molar-refractivity contribution is 0.557. The van der Waals surface area contributed by atoms with E-state index in [4.69, 9.17) is 17.3 Å². The van der Waals surface area contributed by atoms with Crippen molar-refractivity contribution in [1.29, 1.82) is 0 Å². The van der Waals surface area contributed by atoms with Crippen LogP contribution in [0.5, 0.6) is 0 Å². The van der Waals surface area contributed by atoms with Crippen molar-refractivity contribution in [2.45, 2.75) is 30.8 Å². The minimum atomic E-state index is 0.252. The largest absolute Gasteiger partial charge is 0.368 e. The van der Waals surface area contributed by atoms with E-state index in [1.165, 1.54) is 0 Å². The quantitative estimate of drug-likeness (QED) is 0.874. The minimum absolute atomic E-state index is 0.252. The van der Waals surface area contributed by atoms with E-state index in [0.717, 1.165) is 21.5 Å². The molecule has 2 N–H and O–H groups in total. The summed E-state index contributed by atoms with van der Waals surface area (Å²) in [5.74, 6) is 1.25. The molecular formula is C12H15ClN4S. The zero-order valence-electron chi connectivity index (χ0n) is 10.3. The fourth-order valence-electron chi connectivity index (χ4n) is 1.65. The number of nitrogen functional groups attached to an aromatic ring is 1. The number of hydrogen-bond donors (Lipinski definition) is 1. The third-order valence-electron chi connectivity index (χ3n) is 2.46. The van der Waals surface area contributed by atoms with Crippen molar-refractivity contribution >= 4 is 29.3 Å². The fraction of sp³-hybridized carbons (Fsp3) is 0.333. The first kappa shape index (κ1) is 13.2. The lowest BCUT2D eigenvalue weighted by Crippen LogP contribution is -2.06. The molecule has 1 heterocycles. The first-order valence-corrected chi connectivity index (χ1v) is 7.02. The molecule has 0 saturated carbocycles. The van der Waals surface area contributed by atoms with E-state index >= 15 is 0 Å². The van der Waals surface area contributed by atoms with Crippen molar-refractivity contribution in [2.75, 3.05) is 5.73 Å². The number of nitrogens with two attached hydrogens (primary N) is 1. The van der Waals surface area contributed by atoms with Crippen LogP contribution in [0.1, 0.15) is 25.5 Å². The smallest absolute Gasteiger partial charge is 0.222 e. The van der Waals surface area contributed by atoms with Gasteiger partial charge in [-0.1, -0.05) is 35.5 Å². The van der Waals surface area contributed by atoms with Gasteiger partial charge in [0.1, 0.15) is 0 Å². The Morgan fingerprint density at radius 3 is 2.83 bits per heavy atom. The van der Waals surface area contributed by atoms with Gasteiger partial charge in [-0.05, 0) is 31.5 Å². The maximum atomic E-state index is 5.95. The zero-order chi connectivity index (χ0) is 13.1. The highest BCUT2D eigenvalue weighted by Crippen LogP contribution is 2.26. The molecule has 1 aromatic heterocycles. The van der Waals surface area contributed by atoms with Crippen molar-refractivity contribution in [3.8, 4) is 0 Å². The summed E-state index contributed by atoms with van der Waals surface area (Å²) in [6, 6.07) is 8.05. The van der Waals surface area contributed by atoms with E-state index in [1.807, 2.05) is 28.8 Å². The summed E-state index contributed by atoms with van der Waals surface area (Å²) in [6.45, 7) is 4.12. The number of benzene rings is 1. The fourth-order valence-corrected chi connectivity index (χ4v) is 2.88. The van der Waals surface area contributed by atoms with Crippen molar-refractivity contribution in [2.24, 2.45) is 0 Å². The molecule has 1 aromatic carbocycles. The molecule has 0 radical (unpaired) electrons. The number of halogens is 1. The molecule has 2 aromatic rings. The van der Waals surface area contributed by atoms with Crippen LogP contribution in [0.3, 0.4) is 0 Å². The van der Waals surface area contributed by atoms with Crippen molar-refractivity contribution < 1.29 is 0 Å². The van der Waals surface area contributed by atoms with Crippen molar-refractivity contribution in [1.82, 2.24) is 14.8 Å². The summed E-state index contributed by atoms with van der Waals surface area (Å²) in [5, 5.41) is 9.59. The molecule has 0 aliphatic heterocycles. The van der Waals surface area contributed by atoms with E-state index in [9.17, 15) is 0 Å². The number of anilines is 1. The standard InChI is InChI=1S/C12H15ClN4S/c1-8(2)17-11(14)15-16-12(17)18-7-9-4-3-5-10(13)6-9/h3-6,8H,7H2,1-2H3,(H2,14,15). The normalized spacial score (nSPS) is 11.1. The van der Waals surface area contributed by atoms with Crippen molar-refractivity contribution in [3.05, 3.63) is 34.9 Å². The first-order valence-electron chi connectivity index (χ1n) is 5.65. The van der Waals surface area contributed by atoms with Gasteiger partial charge in [-0.15, -0.1) is 10.2 Å². The van der Waals surface area contributed by atoms with Gasteiger partial charge in [0.15, 0.2) is 5.16 Å².